The first kappa shape index (κ1) is 22.5. The van der Waals surface area contributed by atoms with Gasteiger partial charge in [0.05, 0.1) is 23.4 Å². The Labute approximate surface area is 186 Å². The summed E-state index contributed by atoms with van der Waals surface area (Å²) in [6.45, 7) is 6.18. The molecule has 8 heteroatoms. The van der Waals surface area contributed by atoms with Crippen molar-refractivity contribution >= 4 is 65.9 Å². The zero-order valence-electron chi connectivity index (χ0n) is 17.6. The fourth-order valence-corrected chi connectivity index (χ4v) is 4.89. The van der Waals surface area contributed by atoms with Gasteiger partial charge in [-0.3, -0.25) is 4.79 Å². The van der Waals surface area contributed by atoms with Gasteiger partial charge in [-0.05, 0) is 47.2 Å². The number of hydrogen-bond acceptors (Lipinski definition) is 4. The maximum Gasteiger partial charge on any atom is 0.265 e. The van der Waals surface area contributed by atoms with Crippen molar-refractivity contribution in [2.75, 3.05) is 23.4 Å². The molecule has 2 N–H and O–H groups in total. The second-order valence-electron chi connectivity index (χ2n) is 8.18. The van der Waals surface area contributed by atoms with E-state index in [-0.39, 0.29) is 11.3 Å². The number of halogens is 1. The number of rotatable bonds is 5. The Morgan fingerprint density at radius 3 is 2.43 bits per heavy atom. The van der Waals surface area contributed by atoms with Crippen LogP contribution in [0.4, 0.5) is 11.4 Å². The number of hydrogen-bond donors (Lipinski definition) is 2. The van der Waals surface area contributed by atoms with Crippen molar-refractivity contribution < 1.29 is 13.7 Å². The lowest BCUT2D eigenvalue weighted by atomic mass is 9.86. The van der Waals surface area contributed by atoms with Crippen LogP contribution < -0.4 is 14.8 Å². The van der Waals surface area contributed by atoms with Gasteiger partial charge in [0.25, 0.3) is 5.91 Å². The predicted molar refractivity (Wildman–Crippen MR) is 131 cm³/mol. The molecule has 2 aromatic carbocycles. The number of methoxy groups -OCH3 is 1. The monoisotopic (exact) mass is 464 g/mol. The third-order valence-electron chi connectivity index (χ3n) is 4.47. The molecular weight excluding hydrogens is 440 g/mol. The molecule has 3 rings (SSSR count). The van der Waals surface area contributed by atoms with Crippen LogP contribution in [-0.4, -0.2) is 29.4 Å². The summed E-state index contributed by atoms with van der Waals surface area (Å²) in [6.07, 6.45) is 1.51. The van der Waals surface area contributed by atoms with Gasteiger partial charge in [-0.1, -0.05) is 38.4 Å². The molecule has 0 saturated carbocycles. The number of fused-ring (bicyclic) bond motifs is 1. The van der Waals surface area contributed by atoms with Crippen molar-refractivity contribution in [2.24, 2.45) is 0 Å². The summed E-state index contributed by atoms with van der Waals surface area (Å²) in [5.41, 5.74) is 1.75. The number of benzene rings is 2. The Morgan fingerprint density at radius 1 is 1.20 bits per heavy atom. The number of carbonyl (C=O) groups excluding carboxylic acids is 1. The van der Waals surface area contributed by atoms with E-state index in [1.165, 1.54) is 24.7 Å². The second-order valence-corrected chi connectivity index (χ2v) is 11.9. The number of thiophene rings is 1. The van der Waals surface area contributed by atoms with E-state index in [1.54, 1.807) is 12.1 Å². The lowest BCUT2D eigenvalue weighted by Crippen LogP contribution is -2.18. The van der Waals surface area contributed by atoms with E-state index < -0.39 is 9.71 Å². The molecule has 1 unspecified atom stereocenters. The Bertz CT molecular complexity index is 1230. The first-order valence-electron chi connectivity index (χ1n) is 9.21. The third-order valence-corrected chi connectivity index (χ3v) is 6.55. The van der Waals surface area contributed by atoms with Crippen LogP contribution in [0.1, 0.15) is 36.0 Å². The van der Waals surface area contributed by atoms with Crippen molar-refractivity contribution in [1.29, 1.82) is 0 Å². The fourth-order valence-electron chi connectivity index (χ4n) is 3.00. The van der Waals surface area contributed by atoms with Crippen LogP contribution in [-0.2, 0) is 15.1 Å². The van der Waals surface area contributed by atoms with Crippen molar-refractivity contribution in [1.82, 2.24) is 0 Å². The van der Waals surface area contributed by atoms with Gasteiger partial charge in [0.15, 0.2) is 5.75 Å². The zero-order chi connectivity index (χ0) is 22.3. The van der Waals surface area contributed by atoms with Gasteiger partial charge < -0.3 is 14.8 Å². The van der Waals surface area contributed by atoms with Crippen LogP contribution in [0.2, 0.25) is 5.02 Å². The van der Waals surface area contributed by atoms with Gasteiger partial charge in [0.2, 0.25) is 0 Å². The molecule has 0 fully saturated rings. The second kappa shape index (κ2) is 8.13. The standard InChI is InChI=1S/C22H25ClN2O3S2/c1-22(2,3)13-10-16(20(28-4)17(11-13)25-30(5,6)27)24-21(26)19-12-14-15(23)8-7-9-18(14)29-19/h7-12H,5H2,1-4,6H3,(H,24,26)(H,25,27). The Hall–Kier alpha value is -2.22. The van der Waals surface area contributed by atoms with Gasteiger partial charge in [-0.2, -0.15) is 0 Å². The largest absolute Gasteiger partial charge is 0.492 e. The SMILES string of the molecule is C=S(C)(=O)Nc1cc(C(C)(C)C)cc(NC(=O)c2cc3c(Cl)cccc3s2)c1OC. The normalized spacial score (nSPS) is 13.7. The highest BCUT2D eigenvalue weighted by atomic mass is 35.5. The fraction of sp³-hybridized carbons (Fsp3) is 0.273. The average Bonchev–Trinajstić information content (AvgIpc) is 3.05. The maximum absolute atomic E-state index is 13.0. The molecule has 0 aliphatic heterocycles. The summed E-state index contributed by atoms with van der Waals surface area (Å²) in [4.78, 5) is 13.6. The van der Waals surface area contributed by atoms with Crippen LogP contribution in [0.3, 0.4) is 0 Å². The van der Waals surface area contributed by atoms with E-state index in [0.29, 0.717) is 27.0 Å². The summed E-state index contributed by atoms with van der Waals surface area (Å²) in [6, 6.07) is 11.1. The molecule has 0 spiro atoms. The molecule has 0 aliphatic rings. The van der Waals surface area contributed by atoms with E-state index in [1.807, 2.05) is 24.3 Å². The number of nitrogens with one attached hydrogen (secondary N) is 2. The van der Waals surface area contributed by atoms with Crippen LogP contribution in [0.25, 0.3) is 10.1 Å². The molecule has 3 aromatic rings. The predicted octanol–water partition coefficient (Wildman–Crippen LogP) is 5.79. The number of ether oxygens (including phenoxy) is 1. The van der Waals surface area contributed by atoms with Gasteiger partial charge in [0, 0.05) is 31.1 Å². The Balaban J connectivity index is 2.07. The summed E-state index contributed by atoms with van der Waals surface area (Å²) in [5, 5.41) is 4.40. The van der Waals surface area contributed by atoms with Crippen molar-refractivity contribution in [3.63, 3.8) is 0 Å². The number of anilines is 2. The van der Waals surface area contributed by atoms with E-state index in [9.17, 15) is 9.00 Å². The van der Waals surface area contributed by atoms with Crippen LogP contribution >= 0.6 is 22.9 Å². The molecule has 1 heterocycles. The molecule has 5 nitrogen and oxygen atoms in total. The summed E-state index contributed by atoms with van der Waals surface area (Å²) in [5.74, 6) is 3.79. The maximum atomic E-state index is 13.0. The quantitative estimate of drug-likeness (QED) is 0.470. The summed E-state index contributed by atoms with van der Waals surface area (Å²) < 4.78 is 21.7. The van der Waals surface area contributed by atoms with Crippen LogP contribution in [0, 0.1) is 0 Å². The highest BCUT2D eigenvalue weighted by Gasteiger charge is 2.22. The highest BCUT2D eigenvalue weighted by molar-refractivity contribution is 8.00. The molecule has 30 heavy (non-hydrogen) atoms. The molecular formula is C22H25ClN2O3S2. The van der Waals surface area contributed by atoms with Crippen molar-refractivity contribution in [3.8, 4) is 5.75 Å². The minimum absolute atomic E-state index is 0.205. The first-order chi connectivity index (χ1) is 13.9. The van der Waals surface area contributed by atoms with Crippen molar-refractivity contribution in [2.45, 2.75) is 26.2 Å². The first-order valence-corrected chi connectivity index (χ1v) is 12.5. The van der Waals surface area contributed by atoms with Gasteiger partial charge in [-0.15, -0.1) is 11.3 Å². The topological polar surface area (TPSA) is 67.4 Å². The molecule has 1 atom stereocenters. The van der Waals surface area contributed by atoms with Gasteiger partial charge in [-0.25, -0.2) is 4.21 Å². The number of carbonyl (C=O) groups is 1. The Kier molecular flexibility index (Phi) is 6.09. The summed E-state index contributed by atoms with van der Waals surface area (Å²) in [7, 11) is -1.04. The van der Waals surface area contributed by atoms with Gasteiger partial charge >= 0.3 is 0 Å². The molecule has 0 aliphatic carbocycles. The molecule has 0 bridgehead atoms. The average molecular weight is 465 g/mol. The smallest absolute Gasteiger partial charge is 0.265 e. The minimum atomic E-state index is -2.55. The minimum Gasteiger partial charge on any atom is -0.492 e. The van der Waals surface area contributed by atoms with E-state index >= 15 is 0 Å². The number of amides is 1. The lowest BCUT2D eigenvalue weighted by molar-refractivity contribution is 0.103. The van der Waals surface area contributed by atoms with Crippen molar-refractivity contribution in [3.05, 3.63) is 51.9 Å². The van der Waals surface area contributed by atoms with E-state index in [2.05, 4.69) is 36.7 Å². The summed E-state index contributed by atoms with van der Waals surface area (Å²) >= 11 is 7.62. The lowest BCUT2D eigenvalue weighted by Gasteiger charge is -2.24. The Morgan fingerprint density at radius 2 is 1.87 bits per heavy atom. The van der Waals surface area contributed by atoms with Crippen LogP contribution in [0.15, 0.2) is 36.4 Å². The zero-order valence-corrected chi connectivity index (χ0v) is 20.0. The molecule has 1 amide bonds. The molecule has 0 saturated heterocycles. The molecule has 160 valence electrons. The highest BCUT2D eigenvalue weighted by Crippen LogP contribution is 2.40. The van der Waals surface area contributed by atoms with E-state index in [4.69, 9.17) is 16.3 Å². The molecule has 1 aromatic heterocycles. The third kappa shape index (κ3) is 4.91. The van der Waals surface area contributed by atoms with Crippen LogP contribution in [0.5, 0.6) is 5.75 Å². The molecule has 0 radical (unpaired) electrons. The van der Waals surface area contributed by atoms with Gasteiger partial charge in [0.1, 0.15) is 0 Å². The van der Waals surface area contributed by atoms with E-state index in [0.717, 1.165) is 15.6 Å².